The Kier molecular flexibility index (Phi) is 32.3. The highest BCUT2D eigenvalue weighted by molar-refractivity contribution is 7.47. The second-order valence-corrected chi connectivity index (χ2v) is 13.7. The molecule has 0 aliphatic heterocycles. The summed E-state index contributed by atoms with van der Waals surface area (Å²) in [7, 11) is -4.40. The first-order valence-electron chi connectivity index (χ1n) is 18.3. The van der Waals surface area contributed by atoms with E-state index < -0.39 is 26.5 Å². The number of rotatable bonds is 34. The molecule has 0 radical (unpaired) electrons. The van der Waals surface area contributed by atoms with Gasteiger partial charge in [0.15, 0.2) is 0 Å². The third kappa shape index (κ3) is 33.8. The summed E-state index contributed by atoms with van der Waals surface area (Å²) < 4.78 is 26.6. The van der Waals surface area contributed by atoms with Gasteiger partial charge in [0.1, 0.15) is 12.7 Å². The van der Waals surface area contributed by atoms with Crippen LogP contribution in [0.1, 0.15) is 162 Å². The molecule has 0 aromatic heterocycles. The van der Waals surface area contributed by atoms with Crippen molar-refractivity contribution in [3.8, 4) is 0 Å². The molecule has 0 saturated carbocycles. The van der Waals surface area contributed by atoms with Gasteiger partial charge in [-0.1, -0.05) is 128 Å². The Balaban J connectivity index is 3.61. The van der Waals surface area contributed by atoms with E-state index in [-0.39, 0.29) is 32.1 Å². The number of carbonyl (C=O) groups excluding carboxylic acids is 2. The lowest BCUT2D eigenvalue weighted by Crippen LogP contribution is -2.27. The first-order valence-corrected chi connectivity index (χ1v) is 19.8. The molecule has 0 aromatic carbocycles. The summed E-state index contributed by atoms with van der Waals surface area (Å²) in [5, 5.41) is 12.6. The lowest BCUT2D eigenvalue weighted by atomic mass is 10.1. The van der Waals surface area contributed by atoms with Crippen LogP contribution in [0.2, 0.25) is 0 Å². The largest absolute Gasteiger partial charge is 0.472 e. The Morgan fingerprint density at radius 2 is 1.17 bits per heavy atom. The summed E-state index contributed by atoms with van der Waals surface area (Å²) in [4.78, 5) is 33.6. The Morgan fingerprint density at radius 3 is 1.76 bits per heavy atom. The predicted molar refractivity (Wildman–Crippen MR) is 188 cm³/mol. The molecule has 0 aliphatic carbocycles. The van der Waals surface area contributed by atoms with Crippen LogP contribution >= 0.6 is 7.82 Å². The SMILES string of the molecule is CCCCCC/C=C\C/C=C\CCCCCCCCCC(=O)NCCOP(=O)(O)OCC(O)COC(=O)CCCCCCCCC. The summed E-state index contributed by atoms with van der Waals surface area (Å²) in [5.41, 5.74) is 0. The lowest BCUT2D eigenvalue weighted by molar-refractivity contribution is -0.147. The predicted octanol–water partition coefficient (Wildman–Crippen LogP) is 9.26. The maximum Gasteiger partial charge on any atom is 0.472 e. The van der Waals surface area contributed by atoms with Gasteiger partial charge in [0, 0.05) is 19.4 Å². The van der Waals surface area contributed by atoms with E-state index in [9.17, 15) is 24.2 Å². The number of aliphatic hydroxyl groups excluding tert-OH is 1. The number of esters is 1. The van der Waals surface area contributed by atoms with E-state index in [4.69, 9.17) is 13.8 Å². The van der Waals surface area contributed by atoms with Crippen molar-refractivity contribution in [2.24, 2.45) is 0 Å². The maximum atomic E-state index is 12.0. The van der Waals surface area contributed by atoms with Crippen LogP contribution in [-0.4, -0.2) is 54.3 Å². The molecule has 0 saturated heterocycles. The molecule has 3 N–H and O–H groups in total. The van der Waals surface area contributed by atoms with Crippen LogP contribution in [0.15, 0.2) is 24.3 Å². The van der Waals surface area contributed by atoms with E-state index >= 15 is 0 Å². The van der Waals surface area contributed by atoms with Crippen molar-refractivity contribution in [1.82, 2.24) is 5.32 Å². The van der Waals surface area contributed by atoms with Crippen LogP contribution in [0.25, 0.3) is 0 Å². The van der Waals surface area contributed by atoms with Crippen molar-refractivity contribution in [1.29, 1.82) is 0 Å². The fourth-order valence-corrected chi connectivity index (χ4v) is 5.58. The van der Waals surface area contributed by atoms with E-state index in [0.717, 1.165) is 51.4 Å². The summed E-state index contributed by atoms with van der Waals surface area (Å²) in [6, 6.07) is 0. The number of ether oxygens (including phenoxy) is 1. The van der Waals surface area contributed by atoms with Crippen LogP contribution in [0.3, 0.4) is 0 Å². The zero-order chi connectivity index (χ0) is 34.0. The third-order valence-electron chi connectivity index (χ3n) is 7.63. The van der Waals surface area contributed by atoms with Gasteiger partial charge in [-0.15, -0.1) is 0 Å². The molecular weight excluding hydrogens is 605 g/mol. The number of aliphatic hydroxyl groups is 1. The van der Waals surface area contributed by atoms with Crippen molar-refractivity contribution in [3.05, 3.63) is 24.3 Å². The van der Waals surface area contributed by atoms with Crippen LogP contribution in [-0.2, 0) is 27.9 Å². The number of carbonyl (C=O) groups is 2. The second-order valence-electron chi connectivity index (χ2n) is 12.2. The quantitative estimate of drug-likeness (QED) is 0.0267. The molecule has 270 valence electrons. The maximum absolute atomic E-state index is 12.0. The normalized spacial score (nSPS) is 13.7. The number of allylic oxidation sites excluding steroid dienone is 4. The third-order valence-corrected chi connectivity index (χ3v) is 8.62. The Morgan fingerprint density at radius 1 is 0.674 bits per heavy atom. The van der Waals surface area contributed by atoms with Gasteiger partial charge in [0.25, 0.3) is 0 Å². The molecule has 0 rings (SSSR count). The fraction of sp³-hybridized carbons (Fsp3) is 0.833. The van der Waals surface area contributed by atoms with Gasteiger partial charge in [0.05, 0.1) is 13.2 Å². The highest BCUT2D eigenvalue weighted by atomic mass is 31.2. The average molecular weight is 674 g/mol. The first kappa shape index (κ1) is 44.5. The molecule has 0 aliphatic rings. The minimum atomic E-state index is -4.40. The lowest BCUT2D eigenvalue weighted by Gasteiger charge is -2.15. The van der Waals surface area contributed by atoms with Gasteiger partial charge in [-0.2, -0.15) is 0 Å². The summed E-state index contributed by atoms with van der Waals surface area (Å²) in [6.07, 6.45) is 32.7. The number of hydrogen-bond donors (Lipinski definition) is 3. The summed E-state index contributed by atoms with van der Waals surface area (Å²) in [6.45, 7) is 3.46. The molecule has 2 unspecified atom stereocenters. The van der Waals surface area contributed by atoms with E-state index in [2.05, 4.69) is 43.5 Å². The van der Waals surface area contributed by atoms with Crippen molar-refractivity contribution in [3.63, 3.8) is 0 Å². The summed E-state index contributed by atoms with van der Waals surface area (Å²) >= 11 is 0. The molecule has 46 heavy (non-hydrogen) atoms. The average Bonchev–Trinajstić information content (AvgIpc) is 3.04. The Labute approximate surface area is 280 Å². The van der Waals surface area contributed by atoms with Gasteiger partial charge in [-0.05, 0) is 44.9 Å². The number of nitrogens with one attached hydrogen (secondary N) is 1. The number of amides is 1. The zero-order valence-electron chi connectivity index (χ0n) is 29.3. The van der Waals surface area contributed by atoms with Gasteiger partial charge in [-0.3, -0.25) is 18.6 Å². The Bertz CT molecular complexity index is 820. The van der Waals surface area contributed by atoms with E-state index in [1.54, 1.807) is 0 Å². The summed E-state index contributed by atoms with van der Waals surface area (Å²) in [5.74, 6) is -0.530. The molecule has 0 heterocycles. The van der Waals surface area contributed by atoms with Gasteiger partial charge in [-0.25, -0.2) is 4.57 Å². The molecular formula is C36H68NO8P. The van der Waals surface area contributed by atoms with Crippen LogP contribution in [0.4, 0.5) is 0 Å². The van der Waals surface area contributed by atoms with Crippen molar-refractivity contribution in [2.75, 3.05) is 26.4 Å². The molecule has 0 bridgehead atoms. The second kappa shape index (κ2) is 33.4. The van der Waals surface area contributed by atoms with Crippen LogP contribution in [0, 0.1) is 0 Å². The van der Waals surface area contributed by atoms with Gasteiger partial charge < -0.3 is 20.1 Å². The van der Waals surface area contributed by atoms with E-state index in [1.165, 1.54) is 83.5 Å². The molecule has 9 nitrogen and oxygen atoms in total. The number of hydrogen-bond acceptors (Lipinski definition) is 7. The molecule has 2 atom stereocenters. The van der Waals surface area contributed by atoms with Crippen molar-refractivity contribution < 1.29 is 37.9 Å². The molecule has 0 spiro atoms. The monoisotopic (exact) mass is 673 g/mol. The van der Waals surface area contributed by atoms with Gasteiger partial charge >= 0.3 is 13.8 Å². The smallest absolute Gasteiger partial charge is 0.463 e. The number of phosphoric acid groups is 1. The van der Waals surface area contributed by atoms with Crippen molar-refractivity contribution in [2.45, 2.75) is 168 Å². The molecule has 0 fully saturated rings. The van der Waals surface area contributed by atoms with E-state index in [0.29, 0.717) is 6.42 Å². The molecule has 10 heteroatoms. The highest BCUT2D eigenvalue weighted by Gasteiger charge is 2.23. The molecule has 1 amide bonds. The standard InChI is InChI=1S/C36H68NO8P/c1-3-5-7-9-11-12-13-14-15-16-17-18-19-20-21-23-24-26-28-35(39)37-30-31-44-46(41,42)45-33-34(38)32-43-36(40)29-27-25-22-10-8-6-4-2/h12-13,15-16,34,38H,3-11,14,17-33H2,1-2H3,(H,37,39)(H,41,42)/b13-12-,16-15-. The van der Waals surface area contributed by atoms with Crippen molar-refractivity contribution >= 4 is 19.7 Å². The minimum absolute atomic E-state index is 0.0787. The van der Waals surface area contributed by atoms with Crippen LogP contribution < -0.4 is 5.32 Å². The van der Waals surface area contributed by atoms with Gasteiger partial charge in [0.2, 0.25) is 5.91 Å². The number of phosphoric ester groups is 1. The Hall–Kier alpha value is -1.51. The highest BCUT2D eigenvalue weighted by Crippen LogP contribution is 2.42. The fourth-order valence-electron chi connectivity index (χ4n) is 4.82. The topological polar surface area (TPSA) is 131 Å². The zero-order valence-corrected chi connectivity index (χ0v) is 30.2. The number of unbranched alkanes of at least 4 members (excludes halogenated alkanes) is 17. The molecule has 0 aromatic rings. The first-order chi connectivity index (χ1) is 22.3. The minimum Gasteiger partial charge on any atom is -0.463 e. The van der Waals surface area contributed by atoms with Crippen LogP contribution in [0.5, 0.6) is 0 Å². The van der Waals surface area contributed by atoms with E-state index in [1.807, 2.05) is 0 Å².